The molecule has 1 aromatic rings. The molecule has 0 bridgehead atoms. The highest BCUT2D eigenvalue weighted by Crippen LogP contribution is 2.19. The van der Waals surface area contributed by atoms with E-state index >= 15 is 0 Å². The van der Waals surface area contributed by atoms with E-state index in [2.05, 4.69) is 5.32 Å². The molecule has 1 fully saturated rings. The summed E-state index contributed by atoms with van der Waals surface area (Å²) in [7, 11) is 1.90. The predicted molar refractivity (Wildman–Crippen MR) is 75.5 cm³/mol. The van der Waals surface area contributed by atoms with Crippen molar-refractivity contribution in [3.8, 4) is 0 Å². The van der Waals surface area contributed by atoms with Crippen molar-refractivity contribution < 1.29 is 13.2 Å². The van der Waals surface area contributed by atoms with Crippen LogP contribution in [0.3, 0.4) is 0 Å². The molecule has 1 saturated heterocycles. The lowest BCUT2D eigenvalue weighted by Crippen LogP contribution is -2.32. The van der Waals surface area contributed by atoms with Gasteiger partial charge in [-0.15, -0.1) is 12.4 Å². The first kappa shape index (κ1) is 17.3. The van der Waals surface area contributed by atoms with Crippen LogP contribution in [0.1, 0.15) is 24.8 Å². The number of nitrogens with one attached hydrogen (secondary N) is 1. The molecule has 0 aromatic heterocycles. The molecule has 0 spiro atoms. The highest BCUT2D eigenvalue weighted by Gasteiger charge is 2.19. The van der Waals surface area contributed by atoms with Crippen LogP contribution in [0.5, 0.6) is 0 Å². The van der Waals surface area contributed by atoms with E-state index in [1.54, 1.807) is 0 Å². The van der Waals surface area contributed by atoms with Gasteiger partial charge in [-0.05, 0) is 45.5 Å². The van der Waals surface area contributed by atoms with Gasteiger partial charge in [-0.2, -0.15) is 0 Å². The maximum Gasteiger partial charge on any atom is 0.161 e. The normalized spacial score (nSPS) is 19.6. The van der Waals surface area contributed by atoms with Crippen LogP contribution in [0.4, 0.5) is 13.2 Å². The number of nitrogens with zero attached hydrogens (tertiary/aromatic N) is 1. The highest BCUT2D eigenvalue weighted by molar-refractivity contribution is 5.85. The highest BCUT2D eigenvalue weighted by atomic mass is 35.5. The molecule has 20 heavy (non-hydrogen) atoms. The standard InChI is InChI=1S/C14H19F3N2.ClH/c1-19(11-3-2-5-18-6-4-11)9-10-7-13(16)14(17)8-12(10)15;/h7-8,11,18H,2-6,9H2,1H3;1H. The van der Waals surface area contributed by atoms with Gasteiger partial charge in [0.1, 0.15) is 5.82 Å². The van der Waals surface area contributed by atoms with Gasteiger partial charge in [-0.1, -0.05) is 0 Å². The summed E-state index contributed by atoms with van der Waals surface area (Å²) in [5.41, 5.74) is 0.207. The minimum absolute atomic E-state index is 0. The van der Waals surface area contributed by atoms with Crippen molar-refractivity contribution in [3.63, 3.8) is 0 Å². The van der Waals surface area contributed by atoms with Crippen LogP contribution in [-0.2, 0) is 6.54 Å². The van der Waals surface area contributed by atoms with E-state index in [0.29, 0.717) is 18.7 Å². The first-order valence-electron chi connectivity index (χ1n) is 6.62. The molecule has 1 aliphatic heterocycles. The molecule has 114 valence electrons. The first-order valence-corrected chi connectivity index (χ1v) is 6.62. The number of halogens is 4. The summed E-state index contributed by atoms with van der Waals surface area (Å²) >= 11 is 0. The largest absolute Gasteiger partial charge is 0.317 e. The SMILES string of the molecule is CN(Cc1cc(F)c(F)cc1F)C1CCCNCC1.Cl. The summed E-state index contributed by atoms with van der Waals surface area (Å²) in [6, 6.07) is 1.92. The van der Waals surface area contributed by atoms with E-state index in [4.69, 9.17) is 0 Å². The molecular weight excluding hydrogens is 289 g/mol. The Kier molecular flexibility index (Phi) is 6.79. The molecule has 1 atom stereocenters. The van der Waals surface area contributed by atoms with Crippen LogP contribution < -0.4 is 5.32 Å². The monoisotopic (exact) mass is 308 g/mol. The van der Waals surface area contributed by atoms with E-state index in [1.807, 2.05) is 11.9 Å². The molecule has 1 unspecified atom stereocenters. The molecule has 6 heteroatoms. The Hall–Kier alpha value is -0.780. The predicted octanol–water partition coefficient (Wildman–Crippen LogP) is 3.10. The Morgan fingerprint density at radius 2 is 1.80 bits per heavy atom. The molecule has 2 rings (SSSR count). The third kappa shape index (κ3) is 4.36. The van der Waals surface area contributed by atoms with Crippen molar-refractivity contribution in [1.82, 2.24) is 10.2 Å². The second kappa shape index (κ2) is 7.86. The van der Waals surface area contributed by atoms with Gasteiger partial charge in [0, 0.05) is 24.2 Å². The molecule has 1 aliphatic rings. The molecular formula is C14H20ClF3N2. The molecule has 0 radical (unpaired) electrons. The fourth-order valence-electron chi connectivity index (χ4n) is 2.52. The van der Waals surface area contributed by atoms with Crippen molar-refractivity contribution in [1.29, 1.82) is 0 Å². The number of hydrogen-bond acceptors (Lipinski definition) is 2. The lowest BCUT2D eigenvalue weighted by Gasteiger charge is -2.27. The van der Waals surface area contributed by atoms with E-state index in [-0.39, 0.29) is 18.0 Å². The van der Waals surface area contributed by atoms with Crippen molar-refractivity contribution >= 4 is 12.4 Å². The van der Waals surface area contributed by atoms with Crippen LogP contribution in [0, 0.1) is 17.5 Å². The molecule has 0 aliphatic carbocycles. The van der Waals surface area contributed by atoms with Gasteiger partial charge < -0.3 is 5.32 Å². The molecule has 2 nitrogen and oxygen atoms in total. The average molecular weight is 309 g/mol. The fraction of sp³-hybridized carbons (Fsp3) is 0.571. The van der Waals surface area contributed by atoms with Crippen molar-refractivity contribution in [2.24, 2.45) is 0 Å². The summed E-state index contributed by atoms with van der Waals surface area (Å²) in [5, 5.41) is 3.31. The van der Waals surface area contributed by atoms with Gasteiger partial charge in [0.2, 0.25) is 0 Å². The smallest absolute Gasteiger partial charge is 0.161 e. The number of rotatable bonds is 3. The molecule has 1 aromatic carbocycles. The van der Waals surface area contributed by atoms with Crippen LogP contribution in [-0.4, -0.2) is 31.1 Å². The fourth-order valence-corrected chi connectivity index (χ4v) is 2.52. The minimum Gasteiger partial charge on any atom is -0.317 e. The zero-order valence-corrected chi connectivity index (χ0v) is 12.3. The van der Waals surface area contributed by atoms with Crippen LogP contribution in [0.25, 0.3) is 0 Å². The molecule has 1 N–H and O–H groups in total. The van der Waals surface area contributed by atoms with Gasteiger partial charge in [0.25, 0.3) is 0 Å². The second-order valence-electron chi connectivity index (χ2n) is 5.11. The van der Waals surface area contributed by atoms with Crippen molar-refractivity contribution in [3.05, 3.63) is 35.1 Å². The summed E-state index contributed by atoms with van der Waals surface area (Å²) < 4.78 is 39.6. The van der Waals surface area contributed by atoms with Crippen LogP contribution in [0.15, 0.2) is 12.1 Å². The van der Waals surface area contributed by atoms with Gasteiger partial charge in [0.05, 0.1) is 0 Å². The van der Waals surface area contributed by atoms with E-state index in [9.17, 15) is 13.2 Å². The zero-order valence-electron chi connectivity index (χ0n) is 11.5. The Bertz CT molecular complexity index is 435. The average Bonchev–Trinajstić information content (AvgIpc) is 2.64. The van der Waals surface area contributed by atoms with Gasteiger partial charge in [-0.3, -0.25) is 4.90 Å². The lowest BCUT2D eigenvalue weighted by molar-refractivity contribution is 0.213. The third-order valence-electron chi connectivity index (χ3n) is 3.68. The molecule has 0 amide bonds. The Morgan fingerprint density at radius 3 is 2.55 bits per heavy atom. The van der Waals surface area contributed by atoms with Crippen molar-refractivity contribution in [2.75, 3.05) is 20.1 Å². The quantitative estimate of drug-likeness (QED) is 0.863. The Labute approximate surface area is 123 Å². The van der Waals surface area contributed by atoms with Gasteiger partial charge in [0.15, 0.2) is 11.6 Å². The minimum atomic E-state index is -1.14. The first-order chi connectivity index (χ1) is 9.08. The maximum absolute atomic E-state index is 13.6. The van der Waals surface area contributed by atoms with Gasteiger partial charge in [-0.25, -0.2) is 13.2 Å². The molecule has 1 heterocycles. The topological polar surface area (TPSA) is 15.3 Å². The second-order valence-corrected chi connectivity index (χ2v) is 5.11. The van der Waals surface area contributed by atoms with Crippen molar-refractivity contribution in [2.45, 2.75) is 31.8 Å². The summed E-state index contributed by atoms with van der Waals surface area (Å²) in [6.45, 7) is 2.24. The lowest BCUT2D eigenvalue weighted by atomic mass is 10.1. The van der Waals surface area contributed by atoms with Gasteiger partial charge >= 0.3 is 0 Å². The van der Waals surface area contributed by atoms with E-state index in [1.165, 1.54) is 0 Å². The van der Waals surface area contributed by atoms with E-state index < -0.39 is 17.5 Å². The summed E-state index contributed by atoms with van der Waals surface area (Å²) in [4.78, 5) is 2.02. The Morgan fingerprint density at radius 1 is 1.10 bits per heavy atom. The third-order valence-corrected chi connectivity index (χ3v) is 3.68. The maximum atomic E-state index is 13.6. The number of hydrogen-bond donors (Lipinski definition) is 1. The Balaban J connectivity index is 0.00000200. The van der Waals surface area contributed by atoms with Crippen LogP contribution in [0.2, 0.25) is 0 Å². The summed E-state index contributed by atoms with van der Waals surface area (Å²) in [5.74, 6) is -2.81. The summed E-state index contributed by atoms with van der Waals surface area (Å²) in [6.07, 6.45) is 3.10. The van der Waals surface area contributed by atoms with E-state index in [0.717, 1.165) is 38.4 Å². The number of benzene rings is 1. The molecule has 0 saturated carbocycles. The zero-order chi connectivity index (χ0) is 13.8. The van der Waals surface area contributed by atoms with Crippen LogP contribution >= 0.6 is 12.4 Å².